The molecule has 11 heavy (non-hydrogen) atoms. The zero-order chi connectivity index (χ0) is 8.10. The third-order valence-electron chi connectivity index (χ3n) is 1.77. The Morgan fingerprint density at radius 2 is 2.45 bits per heavy atom. The first-order valence-corrected chi connectivity index (χ1v) is 5.84. The maximum absolute atomic E-state index is 3.63. The van der Waals surface area contributed by atoms with E-state index in [2.05, 4.69) is 39.7 Å². The quantitative estimate of drug-likeness (QED) is 0.693. The Balaban J connectivity index is 2.23. The van der Waals surface area contributed by atoms with Gasteiger partial charge < -0.3 is 0 Å². The molecule has 0 fully saturated rings. The number of thiophene rings is 1. The zero-order valence-electron chi connectivity index (χ0n) is 6.72. The van der Waals surface area contributed by atoms with Gasteiger partial charge in [0.1, 0.15) is 0 Å². The van der Waals surface area contributed by atoms with Crippen LogP contribution in [0.15, 0.2) is 16.8 Å². The third-order valence-corrected chi connectivity index (χ3v) is 3.61. The van der Waals surface area contributed by atoms with Gasteiger partial charge in [-0.1, -0.05) is 22.9 Å². The van der Waals surface area contributed by atoms with Gasteiger partial charge in [0.15, 0.2) is 0 Å². The van der Waals surface area contributed by atoms with Gasteiger partial charge in [0, 0.05) is 4.83 Å². The third kappa shape index (κ3) is 3.39. The second-order valence-electron chi connectivity index (χ2n) is 2.68. The van der Waals surface area contributed by atoms with E-state index < -0.39 is 0 Å². The highest BCUT2D eigenvalue weighted by Crippen LogP contribution is 2.15. The predicted molar refractivity (Wildman–Crippen MR) is 55.6 cm³/mol. The fourth-order valence-corrected chi connectivity index (χ4v) is 1.89. The first kappa shape index (κ1) is 9.27. The lowest BCUT2D eigenvalue weighted by atomic mass is 10.1. The summed E-state index contributed by atoms with van der Waals surface area (Å²) in [5.74, 6) is 0. The van der Waals surface area contributed by atoms with E-state index in [-0.39, 0.29) is 0 Å². The monoisotopic (exact) mass is 232 g/mol. The molecule has 0 bridgehead atoms. The van der Waals surface area contributed by atoms with E-state index in [1.807, 2.05) is 0 Å². The molecule has 0 spiro atoms. The summed E-state index contributed by atoms with van der Waals surface area (Å²) < 4.78 is 0. The van der Waals surface area contributed by atoms with Gasteiger partial charge in [0.05, 0.1) is 0 Å². The van der Waals surface area contributed by atoms with Gasteiger partial charge >= 0.3 is 0 Å². The van der Waals surface area contributed by atoms with E-state index in [9.17, 15) is 0 Å². The van der Waals surface area contributed by atoms with Crippen molar-refractivity contribution in [2.24, 2.45) is 0 Å². The highest BCUT2D eigenvalue weighted by atomic mass is 79.9. The first-order valence-electron chi connectivity index (χ1n) is 3.98. The van der Waals surface area contributed by atoms with E-state index >= 15 is 0 Å². The zero-order valence-corrected chi connectivity index (χ0v) is 9.12. The van der Waals surface area contributed by atoms with Gasteiger partial charge in [-0.15, -0.1) is 0 Å². The van der Waals surface area contributed by atoms with E-state index in [0.29, 0.717) is 4.83 Å². The summed E-state index contributed by atoms with van der Waals surface area (Å²) >= 11 is 5.41. The molecule has 62 valence electrons. The van der Waals surface area contributed by atoms with Crippen molar-refractivity contribution in [1.82, 2.24) is 0 Å². The normalized spacial score (nSPS) is 13.3. The fourth-order valence-electron chi connectivity index (χ4n) is 0.962. The summed E-state index contributed by atoms with van der Waals surface area (Å²) in [5.41, 5.74) is 1.48. The average molecular weight is 233 g/mol. The predicted octanol–water partition coefficient (Wildman–Crippen LogP) is 3.85. The summed E-state index contributed by atoms with van der Waals surface area (Å²) in [6, 6.07) is 2.21. The highest BCUT2D eigenvalue weighted by molar-refractivity contribution is 9.09. The molecule has 1 rings (SSSR count). The molecule has 1 unspecified atom stereocenters. The molecule has 0 aliphatic carbocycles. The van der Waals surface area contributed by atoms with Crippen molar-refractivity contribution < 1.29 is 0 Å². The summed E-state index contributed by atoms with van der Waals surface area (Å²) in [4.78, 5) is 0.697. The Morgan fingerprint density at radius 3 is 3.00 bits per heavy atom. The van der Waals surface area contributed by atoms with Crippen molar-refractivity contribution in [3.05, 3.63) is 22.4 Å². The molecule has 1 heterocycles. The Bertz CT molecular complexity index is 181. The molecule has 2 heteroatoms. The highest BCUT2D eigenvalue weighted by Gasteiger charge is 2.00. The molecule has 1 atom stereocenters. The number of halogens is 1. The van der Waals surface area contributed by atoms with Gasteiger partial charge in [-0.25, -0.2) is 0 Å². The number of alkyl halides is 1. The first-order chi connectivity index (χ1) is 5.33. The van der Waals surface area contributed by atoms with Crippen LogP contribution in [0, 0.1) is 0 Å². The molecule has 0 aliphatic rings. The van der Waals surface area contributed by atoms with Gasteiger partial charge in [-0.05, 0) is 41.7 Å². The average Bonchev–Trinajstić information content (AvgIpc) is 2.52. The van der Waals surface area contributed by atoms with Gasteiger partial charge in [-0.2, -0.15) is 11.3 Å². The Kier molecular flexibility index (Phi) is 4.16. The van der Waals surface area contributed by atoms with E-state index in [1.165, 1.54) is 24.8 Å². The molecule has 0 saturated heterocycles. The van der Waals surface area contributed by atoms with Crippen molar-refractivity contribution in [3.63, 3.8) is 0 Å². The van der Waals surface area contributed by atoms with Gasteiger partial charge in [0.2, 0.25) is 0 Å². The van der Waals surface area contributed by atoms with Crippen molar-refractivity contribution in [3.8, 4) is 0 Å². The van der Waals surface area contributed by atoms with Crippen LogP contribution in [0.4, 0.5) is 0 Å². The molecule has 0 radical (unpaired) electrons. The molecular formula is C9H13BrS. The second kappa shape index (κ2) is 4.94. The minimum absolute atomic E-state index is 0.697. The summed E-state index contributed by atoms with van der Waals surface area (Å²) in [6.45, 7) is 2.22. The van der Waals surface area contributed by atoms with Crippen LogP contribution in [0.2, 0.25) is 0 Å². The Morgan fingerprint density at radius 1 is 1.64 bits per heavy atom. The van der Waals surface area contributed by atoms with Crippen molar-refractivity contribution in [1.29, 1.82) is 0 Å². The maximum Gasteiger partial charge on any atom is 0.0146 e. The largest absolute Gasteiger partial charge is 0.152 e. The van der Waals surface area contributed by atoms with E-state index in [1.54, 1.807) is 11.3 Å². The lowest BCUT2D eigenvalue weighted by Gasteiger charge is -2.03. The summed E-state index contributed by atoms with van der Waals surface area (Å²) in [5, 5.41) is 4.37. The SMILES string of the molecule is CCC(Br)CCc1ccsc1. The van der Waals surface area contributed by atoms with Crippen LogP contribution in [0.1, 0.15) is 25.3 Å². The van der Waals surface area contributed by atoms with Crippen LogP contribution >= 0.6 is 27.3 Å². The van der Waals surface area contributed by atoms with Crippen molar-refractivity contribution in [2.45, 2.75) is 31.0 Å². The van der Waals surface area contributed by atoms with Crippen LogP contribution in [0.5, 0.6) is 0 Å². The lowest BCUT2D eigenvalue weighted by molar-refractivity contribution is 0.748. The molecule has 0 aromatic carbocycles. The van der Waals surface area contributed by atoms with E-state index in [4.69, 9.17) is 0 Å². The van der Waals surface area contributed by atoms with Crippen molar-refractivity contribution in [2.75, 3.05) is 0 Å². The maximum atomic E-state index is 3.63. The lowest BCUT2D eigenvalue weighted by Crippen LogP contribution is -1.96. The number of aryl methyl sites for hydroxylation is 1. The van der Waals surface area contributed by atoms with Crippen LogP contribution in [0.3, 0.4) is 0 Å². The summed E-state index contributed by atoms with van der Waals surface area (Å²) in [6.07, 6.45) is 3.70. The van der Waals surface area contributed by atoms with Crippen molar-refractivity contribution >= 4 is 27.3 Å². The molecule has 0 aliphatic heterocycles. The minimum atomic E-state index is 0.697. The van der Waals surface area contributed by atoms with Crippen LogP contribution in [-0.4, -0.2) is 4.83 Å². The molecule has 0 nitrogen and oxygen atoms in total. The Labute approximate surface area is 80.8 Å². The van der Waals surface area contributed by atoms with Crippen LogP contribution in [0.25, 0.3) is 0 Å². The number of hydrogen-bond donors (Lipinski definition) is 0. The number of hydrogen-bond acceptors (Lipinski definition) is 1. The molecule has 1 aromatic rings. The topological polar surface area (TPSA) is 0 Å². The van der Waals surface area contributed by atoms with Gasteiger partial charge in [-0.3, -0.25) is 0 Å². The Hall–Kier alpha value is 0.180. The number of rotatable bonds is 4. The van der Waals surface area contributed by atoms with Crippen LogP contribution < -0.4 is 0 Å². The molecule has 0 N–H and O–H groups in total. The van der Waals surface area contributed by atoms with Crippen LogP contribution in [-0.2, 0) is 6.42 Å². The standard InChI is InChI=1S/C9H13BrS/c1-2-9(10)4-3-8-5-6-11-7-8/h5-7,9H,2-4H2,1H3. The fraction of sp³-hybridized carbons (Fsp3) is 0.556. The summed E-state index contributed by atoms with van der Waals surface area (Å²) in [7, 11) is 0. The smallest absolute Gasteiger partial charge is 0.0146 e. The minimum Gasteiger partial charge on any atom is -0.152 e. The second-order valence-corrected chi connectivity index (χ2v) is 4.75. The molecule has 0 saturated carbocycles. The molecule has 1 aromatic heterocycles. The molecular weight excluding hydrogens is 220 g/mol. The molecule has 0 amide bonds. The van der Waals surface area contributed by atoms with Gasteiger partial charge in [0.25, 0.3) is 0 Å². The van der Waals surface area contributed by atoms with E-state index in [0.717, 1.165) is 0 Å².